The SMILES string of the molecule is C/C(=C\C(=O)OC1CCCCO1)C(=O)OC12CC3CC(CC(C3)C1)C2. The number of hydrogen-bond acceptors (Lipinski definition) is 5. The van der Waals surface area contributed by atoms with Crippen molar-refractivity contribution in [2.45, 2.75) is 76.6 Å². The van der Waals surface area contributed by atoms with E-state index in [4.69, 9.17) is 14.2 Å². The predicted molar refractivity (Wildman–Crippen MR) is 90.4 cm³/mol. The highest BCUT2D eigenvalue weighted by Crippen LogP contribution is 2.57. The fourth-order valence-electron chi connectivity index (χ4n) is 5.64. The van der Waals surface area contributed by atoms with Crippen LogP contribution in [-0.4, -0.2) is 30.4 Å². The molecule has 5 nitrogen and oxygen atoms in total. The van der Waals surface area contributed by atoms with Crippen LogP contribution in [0.3, 0.4) is 0 Å². The molecule has 5 rings (SSSR count). The summed E-state index contributed by atoms with van der Waals surface area (Å²) >= 11 is 0. The van der Waals surface area contributed by atoms with Gasteiger partial charge in [0.1, 0.15) is 5.60 Å². The van der Waals surface area contributed by atoms with Crippen LogP contribution >= 0.6 is 0 Å². The number of hydrogen-bond donors (Lipinski definition) is 0. The molecule has 0 aromatic heterocycles. The van der Waals surface area contributed by atoms with E-state index < -0.39 is 12.3 Å². The average molecular weight is 348 g/mol. The molecular weight excluding hydrogens is 320 g/mol. The fourth-order valence-corrected chi connectivity index (χ4v) is 5.64. The van der Waals surface area contributed by atoms with Crippen molar-refractivity contribution in [3.05, 3.63) is 11.6 Å². The molecule has 0 amide bonds. The zero-order valence-electron chi connectivity index (χ0n) is 15.0. The van der Waals surface area contributed by atoms with Gasteiger partial charge in [-0.05, 0) is 76.0 Å². The standard InChI is InChI=1S/C20H28O5/c1-13(6-17(21)24-18-4-2-3-5-23-18)19(22)25-20-10-14-7-15(11-20)9-16(8-14)12-20/h6,14-16,18H,2-5,7-12H2,1H3/b13-6+. The highest BCUT2D eigenvalue weighted by Gasteiger charge is 2.53. The van der Waals surface area contributed by atoms with Gasteiger partial charge in [-0.3, -0.25) is 0 Å². The summed E-state index contributed by atoms with van der Waals surface area (Å²) < 4.78 is 16.6. The van der Waals surface area contributed by atoms with E-state index in [2.05, 4.69) is 0 Å². The molecule has 4 bridgehead atoms. The molecule has 0 N–H and O–H groups in total. The lowest BCUT2D eigenvalue weighted by Crippen LogP contribution is -2.52. The maximum atomic E-state index is 12.5. The Morgan fingerprint density at radius 3 is 2.24 bits per heavy atom. The van der Waals surface area contributed by atoms with Crippen molar-refractivity contribution < 1.29 is 23.8 Å². The predicted octanol–water partition coefficient (Wildman–Crippen LogP) is 3.51. The molecule has 1 atom stereocenters. The van der Waals surface area contributed by atoms with Crippen LogP contribution in [0.25, 0.3) is 0 Å². The maximum absolute atomic E-state index is 12.5. The molecule has 5 fully saturated rings. The van der Waals surface area contributed by atoms with Crippen LogP contribution in [0, 0.1) is 17.8 Å². The highest BCUT2D eigenvalue weighted by molar-refractivity contribution is 5.96. The number of esters is 2. The molecule has 1 aliphatic heterocycles. The first-order chi connectivity index (χ1) is 12.0. The lowest BCUT2D eigenvalue weighted by molar-refractivity contribution is -0.184. The van der Waals surface area contributed by atoms with Crippen molar-refractivity contribution >= 4 is 11.9 Å². The van der Waals surface area contributed by atoms with E-state index in [9.17, 15) is 9.59 Å². The van der Waals surface area contributed by atoms with Gasteiger partial charge in [0.05, 0.1) is 6.61 Å². The Hall–Kier alpha value is -1.36. The topological polar surface area (TPSA) is 61.8 Å². The average Bonchev–Trinajstić information content (AvgIpc) is 2.53. The summed E-state index contributed by atoms with van der Waals surface area (Å²) in [5.74, 6) is 1.26. The fraction of sp³-hybridized carbons (Fsp3) is 0.800. The second kappa shape index (κ2) is 6.75. The van der Waals surface area contributed by atoms with Gasteiger partial charge in [-0.2, -0.15) is 0 Å². The highest BCUT2D eigenvalue weighted by atomic mass is 16.7. The molecule has 1 saturated heterocycles. The van der Waals surface area contributed by atoms with Crippen molar-refractivity contribution in [3.63, 3.8) is 0 Å². The Kier molecular flexibility index (Phi) is 4.61. The van der Waals surface area contributed by atoms with E-state index in [-0.39, 0.29) is 11.6 Å². The van der Waals surface area contributed by atoms with Gasteiger partial charge in [-0.1, -0.05) is 0 Å². The maximum Gasteiger partial charge on any atom is 0.334 e. The van der Waals surface area contributed by atoms with Crippen LogP contribution in [0.4, 0.5) is 0 Å². The Morgan fingerprint density at radius 1 is 1.04 bits per heavy atom. The molecule has 4 aliphatic carbocycles. The number of rotatable bonds is 4. The third-order valence-electron chi connectivity index (χ3n) is 6.33. The summed E-state index contributed by atoms with van der Waals surface area (Å²) in [6.07, 6.45) is 10.4. The second-order valence-corrected chi connectivity index (χ2v) is 8.55. The van der Waals surface area contributed by atoms with Crippen molar-refractivity contribution in [1.82, 2.24) is 0 Å². The summed E-state index contributed by atoms with van der Waals surface area (Å²) in [4.78, 5) is 24.5. The summed E-state index contributed by atoms with van der Waals surface area (Å²) in [6.45, 7) is 2.25. The van der Waals surface area contributed by atoms with Crippen LogP contribution in [0.2, 0.25) is 0 Å². The third kappa shape index (κ3) is 3.76. The Morgan fingerprint density at radius 2 is 1.68 bits per heavy atom. The van der Waals surface area contributed by atoms with E-state index in [0.717, 1.165) is 56.3 Å². The molecule has 0 aromatic rings. The number of ether oxygens (including phenoxy) is 3. The van der Waals surface area contributed by atoms with Gasteiger partial charge in [0.2, 0.25) is 6.29 Å². The van der Waals surface area contributed by atoms with Gasteiger partial charge in [-0.25, -0.2) is 9.59 Å². The second-order valence-electron chi connectivity index (χ2n) is 8.55. The van der Waals surface area contributed by atoms with E-state index in [1.165, 1.54) is 25.3 Å². The lowest BCUT2D eigenvalue weighted by Gasteiger charge is -2.55. The molecule has 1 heterocycles. The molecule has 0 spiro atoms. The summed E-state index contributed by atoms with van der Waals surface area (Å²) in [6, 6.07) is 0. The van der Waals surface area contributed by atoms with Crippen molar-refractivity contribution in [2.24, 2.45) is 17.8 Å². The summed E-state index contributed by atoms with van der Waals surface area (Å²) in [5, 5.41) is 0. The van der Waals surface area contributed by atoms with Crippen molar-refractivity contribution in [2.75, 3.05) is 6.61 Å². The van der Waals surface area contributed by atoms with Gasteiger partial charge in [0.15, 0.2) is 0 Å². The van der Waals surface area contributed by atoms with Crippen LogP contribution in [0.1, 0.15) is 64.7 Å². The molecule has 5 aliphatic rings. The first-order valence-electron chi connectivity index (χ1n) is 9.75. The molecule has 25 heavy (non-hydrogen) atoms. The summed E-state index contributed by atoms with van der Waals surface area (Å²) in [7, 11) is 0. The molecule has 138 valence electrons. The third-order valence-corrected chi connectivity index (χ3v) is 6.33. The minimum atomic E-state index is -0.521. The van der Waals surface area contributed by atoms with Crippen LogP contribution in [-0.2, 0) is 23.8 Å². The Balaban J connectivity index is 1.34. The van der Waals surface area contributed by atoms with E-state index >= 15 is 0 Å². The van der Waals surface area contributed by atoms with Gasteiger partial charge >= 0.3 is 11.9 Å². The van der Waals surface area contributed by atoms with E-state index in [1.54, 1.807) is 6.92 Å². The number of carbonyl (C=O) groups is 2. The molecule has 0 radical (unpaired) electrons. The molecule has 4 saturated carbocycles. The molecule has 5 heteroatoms. The van der Waals surface area contributed by atoms with Crippen LogP contribution in [0.15, 0.2) is 11.6 Å². The van der Waals surface area contributed by atoms with Crippen molar-refractivity contribution in [1.29, 1.82) is 0 Å². The quantitative estimate of drug-likeness (QED) is 0.575. The summed E-state index contributed by atoms with van der Waals surface area (Å²) in [5.41, 5.74) is 0.0358. The molecule has 0 aromatic carbocycles. The Bertz CT molecular complexity index is 537. The zero-order chi connectivity index (χ0) is 17.4. The van der Waals surface area contributed by atoms with Gasteiger partial charge in [0, 0.05) is 18.1 Å². The lowest BCUT2D eigenvalue weighted by atomic mass is 9.54. The van der Waals surface area contributed by atoms with Gasteiger partial charge < -0.3 is 14.2 Å². The normalized spacial score (nSPS) is 40.0. The first-order valence-corrected chi connectivity index (χ1v) is 9.75. The van der Waals surface area contributed by atoms with Gasteiger partial charge in [-0.15, -0.1) is 0 Å². The zero-order valence-corrected chi connectivity index (χ0v) is 15.0. The molecule has 1 unspecified atom stereocenters. The minimum Gasteiger partial charge on any atom is -0.456 e. The van der Waals surface area contributed by atoms with Crippen LogP contribution < -0.4 is 0 Å². The smallest absolute Gasteiger partial charge is 0.334 e. The minimum absolute atomic E-state index is 0.280. The van der Waals surface area contributed by atoms with Gasteiger partial charge in [0.25, 0.3) is 0 Å². The monoisotopic (exact) mass is 348 g/mol. The number of carbonyl (C=O) groups excluding carboxylic acids is 2. The molecular formula is C20H28O5. The van der Waals surface area contributed by atoms with Crippen LogP contribution in [0.5, 0.6) is 0 Å². The van der Waals surface area contributed by atoms with Crippen molar-refractivity contribution in [3.8, 4) is 0 Å². The largest absolute Gasteiger partial charge is 0.456 e. The van der Waals surface area contributed by atoms with E-state index in [0.29, 0.717) is 12.2 Å². The van der Waals surface area contributed by atoms with E-state index in [1.807, 2.05) is 0 Å². The Labute approximate surface area is 149 Å². The first kappa shape index (κ1) is 17.1.